The summed E-state index contributed by atoms with van der Waals surface area (Å²) >= 11 is 0. The quantitative estimate of drug-likeness (QED) is 0.744. The predicted octanol–water partition coefficient (Wildman–Crippen LogP) is 0.617. The lowest BCUT2D eigenvalue weighted by atomic mass is 9.96. The summed E-state index contributed by atoms with van der Waals surface area (Å²) in [6, 6.07) is 4.56. The van der Waals surface area contributed by atoms with Gasteiger partial charge in [-0.1, -0.05) is 0 Å². The molecule has 5 heteroatoms. The lowest BCUT2D eigenvalue weighted by Gasteiger charge is -2.35. The molecule has 0 aromatic carbocycles. The van der Waals surface area contributed by atoms with E-state index in [1.54, 1.807) is 0 Å². The number of hydrogen-bond donors (Lipinski definition) is 3. The fraction of sp³-hybridized carbons (Fsp3) is 0.643. The fourth-order valence-electron chi connectivity index (χ4n) is 3.09. The van der Waals surface area contributed by atoms with E-state index in [4.69, 9.17) is 5.73 Å². The number of hydrazine groups is 1. The number of nitrogens with one attached hydrogen (secondary N) is 2. The van der Waals surface area contributed by atoms with E-state index in [0.717, 1.165) is 32.0 Å². The molecule has 2 fully saturated rings. The summed E-state index contributed by atoms with van der Waals surface area (Å²) in [6.07, 6.45) is 7.73. The molecule has 0 aliphatic carbocycles. The Kier molecular flexibility index (Phi) is 4.08. The molecule has 5 nitrogen and oxygen atoms in total. The van der Waals surface area contributed by atoms with Crippen molar-refractivity contribution < 1.29 is 0 Å². The maximum Gasteiger partial charge on any atom is 0.0747 e. The number of rotatable bonds is 3. The molecule has 0 radical (unpaired) electrons. The number of nitrogens with two attached hydrogens (primary N) is 1. The van der Waals surface area contributed by atoms with Crippen molar-refractivity contribution in [1.29, 1.82) is 0 Å². The van der Waals surface area contributed by atoms with E-state index >= 15 is 0 Å². The van der Waals surface area contributed by atoms with Crippen LogP contribution in [0.5, 0.6) is 0 Å². The van der Waals surface area contributed by atoms with Crippen molar-refractivity contribution in [3.63, 3.8) is 0 Å². The molecule has 2 saturated heterocycles. The largest absolute Gasteiger partial charge is 0.330 e. The molecule has 0 bridgehead atoms. The first kappa shape index (κ1) is 13.0. The van der Waals surface area contributed by atoms with E-state index in [0.29, 0.717) is 12.2 Å². The van der Waals surface area contributed by atoms with Crippen LogP contribution in [0.4, 0.5) is 0 Å². The van der Waals surface area contributed by atoms with Gasteiger partial charge in [0.05, 0.1) is 6.17 Å². The molecule has 2 aliphatic rings. The molecule has 104 valence electrons. The van der Waals surface area contributed by atoms with Gasteiger partial charge in [-0.25, -0.2) is 10.9 Å². The molecule has 0 spiro atoms. The van der Waals surface area contributed by atoms with Crippen molar-refractivity contribution in [2.45, 2.75) is 31.5 Å². The van der Waals surface area contributed by atoms with E-state index < -0.39 is 0 Å². The Balaban J connectivity index is 1.55. The highest BCUT2D eigenvalue weighted by atomic mass is 15.5. The van der Waals surface area contributed by atoms with E-state index in [9.17, 15) is 0 Å². The molecular weight excluding hydrogens is 238 g/mol. The Morgan fingerprint density at radius 3 is 2.63 bits per heavy atom. The number of nitrogens with zero attached hydrogens (tertiary/aromatic N) is 2. The number of aromatic nitrogens is 1. The summed E-state index contributed by atoms with van der Waals surface area (Å²) in [5.74, 6) is 0.724. The molecule has 2 atom stereocenters. The van der Waals surface area contributed by atoms with E-state index in [2.05, 4.69) is 32.9 Å². The Morgan fingerprint density at radius 2 is 1.95 bits per heavy atom. The fourth-order valence-corrected chi connectivity index (χ4v) is 3.09. The Morgan fingerprint density at radius 1 is 1.21 bits per heavy atom. The SMILES string of the molecule is NCC1CCN(C2CC(c3ccncc3)NN2)CC1. The minimum Gasteiger partial charge on any atom is -0.330 e. The number of pyridine rings is 1. The van der Waals surface area contributed by atoms with Gasteiger partial charge in [-0.15, -0.1) is 0 Å². The Bertz CT molecular complexity index is 388. The van der Waals surface area contributed by atoms with Gasteiger partial charge < -0.3 is 5.73 Å². The van der Waals surface area contributed by atoms with Gasteiger partial charge >= 0.3 is 0 Å². The van der Waals surface area contributed by atoms with E-state index in [-0.39, 0.29) is 0 Å². The van der Waals surface area contributed by atoms with Crippen LogP contribution in [0.15, 0.2) is 24.5 Å². The molecule has 4 N–H and O–H groups in total. The van der Waals surface area contributed by atoms with Crippen molar-refractivity contribution >= 4 is 0 Å². The van der Waals surface area contributed by atoms with Crippen molar-refractivity contribution in [1.82, 2.24) is 20.7 Å². The highest BCUT2D eigenvalue weighted by Gasteiger charge is 2.31. The van der Waals surface area contributed by atoms with Crippen LogP contribution in [-0.4, -0.2) is 35.7 Å². The predicted molar refractivity (Wildman–Crippen MR) is 75.0 cm³/mol. The summed E-state index contributed by atoms with van der Waals surface area (Å²) in [4.78, 5) is 6.61. The minimum absolute atomic E-state index is 0.389. The van der Waals surface area contributed by atoms with Crippen LogP contribution in [-0.2, 0) is 0 Å². The van der Waals surface area contributed by atoms with Gasteiger partial charge in [0.25, 0.3) is 0 Å². The third-order valence-corrected chi connectivity index (χ3v) is 4.41. The van der Waals surface area contributed by atoms with Gasteiger partial charge in [-0.05, 0) is 62.5 Å². The van der Waals surface area contributed by atoms with Crippen molar-refractivity contribution in [3.05, 3.63) is 30.1 Å². The highest BCUT2D eigenvalue weighted by Crippen LogP contribution is 2.26. The monoisotopic (exact) mass is 261 g/mol. The van der Waals surface area contributed by atoms with Gasteiger partial charge in [0.15, 0.2) is 0 Å². The zero-order chi connectivity index (χ0) is 13.1. The van der Waals surface area contributed by atoms with Gasteiger partial charge in [-0.2, -0.15) is 0 Å². The second-order valence-electron chi connectivity index (χ2n) is 5.59. The summed E-state index contributed by atoms with van der Waals surface area (Å²) < 4.78 is 0. The van der Waals surface area contributed by atoms with Crippen LogP contribution in [0.2, 0.25) is 0 Å². The van der Waals surface area contributed by atoms with E-state index in [1.165, 1.54) is 18.4 Å². The highest BCUT2D eigenvalue weighted by molar-refractivity contribution is 5.16. The standard InChI is InChI=1S/C14H23N5/c15-10-11-3-7-19(8-4-11)14-9-13(17-18-14)12-1-5-16-6-2-12/h1-2,5-6,11,13-14,17-18H,3-4,7-10,15H2. The van der Waals surface area contributed by atoms with Crippen LogP contribution in [0.25, 0.3) is 0 Å². The summed E-state index contributed by atoms with van der Waals surface area (Å²) in [6.45, 7) is 3.15. The molecular formula is C14H23N5. The third kappa shape index (κ3) is 2.95. The number of hydrogen-bond acceptors (Lipinski definition) is 5. The molecule has 2 aliphatic heterocycles. The molecule has 19 heavy (non-hydrogen) atoms. The van der Waals surface area contributed by atoms with Crippen molar-refractivity contribution in [3.8, 4) is 0 Å². The molecule has 3 heterocycles. The topological polar surface area (TPSA) is 66.2 Å². The second kappa shape index (κ2) is 5.96. The number of likely N-dealkylation sites (tertiary alicyclic amines) is 1. The van der Waals surface area contributed by atoms with Gasteiger partial charge in [0, 0.05) is 18.4 Å². The molecule has 3 rings (SSSR count). The molecule has 2 unspecified atom stereocenters. The lowest BCUT2D eigenvalue weighted by molar-refractivity contribution is 0.121. The Hall–Kier alpha value is -1.01. The van der Waals surface area contributed by atoms with Crippen LogP contribution in [0.1, 0.15) is 30.9 Å². The molecule has 0 saturated carbocycles. The zero-order valence-electron chi connectivity index (χ0n) is 11.3. The zero-order valence-corrected chi connectivity index (χ0v) is 11.3. The smallest absolute Gasteiger partial charge is 0.0747 e. The summed E-state index contributed by atoms with van der Waals surface area (Å²) in [7, 11) is 0. The molecule has 0 amide bonds. The second-order valence-corrected chi connectivity index (χ2v) is 5.59. The first-order valence-corrected chi connectivity index (χ1v) is 7.22. The van der Waals surface area contributed by atoms with Crippen molar-refractivity contribution in [2.24, 2.45) is 11.7 Å². The van der Waals surface area contributed by atoms with Gasteiger partial charge in [0.1, 0.15) is 0 Å². The normalized spacial score (nSPS) is 29.7. The lowest BCUT2D eigenvalue weighted by Crippen LogP contribution is -2.48. The van der Waals surface area contributed by atoms with Crippen LogP contribution < -0.4 is 16.6 Å². The maximum absolute atomic E-state index is 5.75. The first-order valence-electron chi connectivity index (χ1n) is 7.22. The Labute approximate surface area is 114 Å². The first-order chi connectivity index (χ1) is 9.36. The van der Waals surface area contributed by atoms with E-state index in [1.807, 2.05) is 12.4 Å². The molecule has 1 aromatic rings. The minimum atomic E-state index is 0.389. The maximum atomic E-state index is 5.75. The third-order valence-electron chi connectivity index (χ3n) is 4.41. The van der Waals surface area contributed by atoms with Gasteiger partial charge in [0.2, 0.25) is 0 Å². The summed E-state index contributed by atoms with van der Waals surface area (Å²) in [5.41, 5.74) is 13.9. The van der Waals surface area contributed by atoms with Gasteiger partial charge in [-0.3, -0.25) is 9.88 Å². The summed E-state index contributed by atoms with van der Waals surface area (Å²) in [5, 5.41) is 0. The molecule has 1 aromatic heterocycles. The number of piperidine rings is 1. The average molecular weight is 261 g/mol. The van der Waals surface area contributed by atoms with Crippen LogP contribution in [0.3, 0.4) is 0 Å². The average Bonchev–Trinajstić information content (AvgIpc) is 2.98. The van der Waals surface area contributed by atoms with Crippen LogP contribution in [0, 0.1) is 5.92 Å². The van der Waals surface area contributed by atoms with Crippen LogP contribution >= 0.6 is 0 Å². The van der Waals surface area contributed by atoms with Crippen molar-refractivity contribution in [2.75, 3.05) is 19.6 Å².